The fourth-order valence-corrected chi connectivity index (χ4v) is 3.11. The second kappa shape index (κ2) is 6.43. The molecule has 0 radical (unpaired) electrons. The number of benzene rings is 1. The largest absolute Gasteiger partial charge is 0.356 e. The Morgan fingerprint density at radius 1 is 1.08 bits per heavy atom. The van der Waals surface area contributed by atoms with Crippen molar-refractivity contribution in [3.05, 3.63) is 48.0 Å². The molecule has 128 valence electrons. The van der Waals surface area contributed by atoms with E-state index in [1.807, 2.05) is 28.8 Å². The fraction of sp³-hybridized carbons (Fsp3) is 0.278. The molecule has 2 N–H and O–H groups in total. The zero-order valence-electron chi connectivity index (χ0n) is 14.1. The Balaban J connectivity index is 1.59. The van der Waals surface area contributed by atoms with Crippen molar-refractivity contribution in [1.29, 1.82) is 0 Å². The lowest BCUT2D eigenvalue weighted by Gasteiger charge is -2.17. The van der Waals surface area contributed by atoms with Crippen LogP contribution in [0.25, 0.3) is 5.65 Å². The number of amides is 1. The van der Waals surface area contributed by atoms with Crippen LogP contribution in [0.5, 0.6) is 0 Å². The van der Waals surface area contributed by atoms with Gasteiger partial charge in [0.15, 0.2) is 5.65 Å². The van der Waals surface area contributed by atoms with E-state index in [0.717, 1.165) is 30.2 Å². The summed E-state index contributed by atoms with van der Waals surface area (Å²) in [6.07, 6.45) is 2.43. The second-order valence-corrected chi connectivity index (χ2v) is 6.07. The first-order valence-electron chi connectivity index (χ1n) is 8.44. The summed E-state index contributed by atoms with van der Waals surface area (Å²) in [5.41, 5.74) is 2.27. The van der Waals surface area contributed by atoms with Crippen LogP contribution in [0.3, 0.4) is 0 Å². The molecule has 0 spiro atoms. The molecule has 1 saturated heterocycles. The van der Waals surface area contributed by atoms with E-state index < -0.39 is 0 Å². The first kappa shape index (κ1) is 15.4. The van der Waals surface area contributed by atoms with Gasteiger partial charge in [0.25, 0.3) is 5.91 Å². The third-order valence-electron chi connectivity index (χ3n) is 4.40. The van der Waals surface area contributed by atoms with Gasteiger partial charge in [0, 0.05) is 31.4 Å². The molecule has 1 amide bonds. The molecule has 0 aliphatic carbocycles. The minimum Gasteiger partial charge on any atom is -0.356 e. The van der Waals surface area contributed by atoms with Gasteiger partial charge in [-0.15, -0.1) is 5.10 Å². The van der Waals surface area contributed by atoms with Crippen LogP contribution in [0.2, 0.25) is 0 Å². The van der Waals surface area contributed by atoms with Gasteiger partial charge in [0.2, 0.25) is 5.95 Å². The average Bonchev–Trinajstić information content (AvgIpc) is 3.30. The van der Waals surface area contributed by atoms with Crippen LogP contribution in [0.1, 0.15) is 23.2 Å². The number of carbonyl (C=O) groups is 1. The van der Waals surface area contributed by atoms with Gasteiger partial charge in [-0.2, -0.15) is 9.50 Å². The molecule has 1 fully saturated rings. The monoisotopic (exact) mass is 336 g/mol. The highest BCUT2D eigenvalue weighted by atomic mass is 16.1. The van der Waals surface area contributed by atoms with Gasteiger partial charge in [0.1, 0.15) is 5.82 Å². The van der Waals surface area contributed by atoms with E-state index in [1.165, 1.54) is 12.8 Å². The molecular weight excluding hydrogens is 316 g/mol. The molecule has 0 bridgehead atoms. The Labute approximate surface area is 145 Å². The average molecular weight is 336 g/mol. The Kier molecular flexibility index (Phi) is 3.97. The maximum absolute atomic E-state index is 11.6. The van der Waals surface area contributed by atoms with Crippen LogP contribution in [0, 0.1) is 0 Å². The highest BCUT2D eigenvalue weighted by Gasteiger charge is 2.16. The van der Waals surface area contributed by atoms with Gasteiger partial charge < -0.3 is 15.5 Å². The van der Waals surface area contributed by atoms with Gasteiger partial charge in [-0.1, -0.05) is 6.07 Å². The zero-order chi connectivity index (χ0) is 17.2. The van der Waals surface area contributed by atoms with Gasteiger partial charge in [0.05, 0.1) is 0 Å². The highest BCUT2D eigenvalue weighted by Crippen LogP contribution is 2.22. The topological polar surface area (TPSA) is 74.6 Å². The summed E-state index contributed by atoms with van der Waals surface area (Å²) in [5.74, 6) is 1.51. The summed E-state index contributed by atoms with van der Waals surface area (Å²) in [5, 5.41) is 10.4. The third kappa shape index (κ3) is 3.00. The lowest BCUT2D eigenvalue weighted by atomic mass is 10.2. The highest BCUT2D eigenvalue weighted by molar-refractivity contribution is 5.94. The summed E-state index contributed by atoms with van der Waals surface area (Å²) in [6.45, 7) is 2.12. The first-order chi connectivity index (χ1) is 12.2. The van der Waals surface area contributed by atoms with Crippen LogP contribution < -0.4 is 15.5 Å². The van der Waals surface area contributed by atoms with Crippen LogP contribution in [0.15, 0.2) is 42.5 Å². The van der Waals surface area contributed by atoms with Gasteiger partial charge >= 0.3 is 0 Å². The number of pyridine rings is 1. The Morgan fingerprint density at radius 2 is 1.84 bits per heavy atom. The van der Waals surface area contributed by atoms with Crippen LogP contribution in [-0.2, 0) is 0 Å². The molecule has 2 aromatic heterocycles. The summed E-state index contributed by atoms with van der Waals surface area (Å²) in [6, 6.07) is 13.3. The number of fused-ring (bicyclic) bond motifs is 1. The molecule has 0 atom stereocenters. The predicted molar refractivity (Wildman–Crippen MR) is 97.5 cm³/mol. The minimum absolute atomic E-state index is 0.104. The molecule has 7 heteroatoms. The van der Waals surface area contributed by atoms with E-state index in [2.05, 4.69) is 31.7 Å². The number of aromatic nitrogens is 3. The molecule has 1 aromatic carbocycles. The molecule has 7 nitrogen and oxygen atoms in total. The fourth-order valence-electron chi connectivity index (χ4n) is 3.11. The predicted octanol–water partition coefficient (Wildman–Crippen LogP) is 2.43. The molecule has 3 heterocycles. The Morgan fingerprint density at radius 3 is 2.56 bits per heavy atom. The molecule has 1 aliphatic rings. The molecule has 3 aromatic rings. The van der Waals surface area contributed by atoms with E-state index >= 15 is 0 Å². The van der Waals surface area contributed by atoms with E-state index in [0.29, 0.717) is 11.5 Å². The van der Waals surface area contributed by atoms with Gasteiger partial charge in [-0.25, -0.2) is 0 Å². The van der Waals surface area contributed by atoms with E-state index in [9.17, 15) is 4.79 Å². The van der Waals surface area contributed by atoms with Crippen LogP contribution in [0.4, 0.5) is 17.5 Å². The van der Waals surface area contributed by atoms with Crippen molar-refractivity contribution in [2.24, 2.45) is 0 Å². The SMILES string of the molecule is CNC(=O)c1ccc(Nc2nc3cccc(N4CCCC4)n3n2)cc1. The minimum atomic E-state index is -0.104. The number of carbonyl (C=O) groups excluding carboxylic acids is 1. The molecular formula is C18H20N6O. The molecule has 25 heavy (non-hydrogen) atoms. The van der Waals surface area contributed by atoms with Crippen molar-refractivity contribution in [3.8, 4) is 0 Å². The summed E-state index contributed by atoms with van der Waals surface area (Å²) < 4.78 is 1.88. The van der Waals surface area contributed by atoms with E-state index in [4.69, 9.17) is 0 Å². The Hall–Kier alpha value is -3.09. The number of anilines is 3. The van der Waals surface area contributed by atoms with E-state index in [-0.39, 0.29) is 5.91 Å². The lowest BCUT2D eigenvalue weighted by molar-refractivity contribution is 0.0963. The maximum atomic E-state index is 11.6. The van der Waals surface area contributed by atoms with Crippen molar-refractivity contribution < 1.29 is 4.79 Å². The summed E-state index contributed by atoms with van der Waals surface area (Å²) >= 11 is 0. The van der Waals surface area contributed by atoms with E-state index in [1.54, 1.807) is 19.2 Å². The molecule has 1 aliphatic heterocycles. The molecule has 0 unspecified atom stereocenters. The van der Waals surface area contributed by atoms with Crippen molar-refractivity contribution in [2.45, 2.75) is 12.8 Å². The maximum Gasteiger partial charge on any atom is 0.251 e. The van der Waals surface area contributed by atoms with Crippen molar-refractivity contribution in [3.63, 3.8) is 0 Å². The van der Waals surface area contributed by atoms with Gasteiger partial charge in [-0.3, -0.25) is 4.79 Å². The number of nitrogens with one attached hydrogen (secondary N) is 2. The normalized spacial score (nSPS) is 14.0. The number of hydrogen-bond acceptors (Lipinski definition) is 5. The standard InChI is InChI=1S/C18H20N6O/c1-19-17(25)13-7-9-14(10-8-13)20-18-21-15-5-4-6-16(24(15)22-18)23-11-2-3-12-23/h4-10H,2-3,11-12H2,1H3,(H,19,25)(H,20,22). The van der Waals surface area contributed by atoms with Crippen LogP contribution in [-0.4, -0.2) is 40.6 Å². The Bertz CT molecular complexity index is 896. The quantitative estimate of drug-likeness (QED) is 0.765. The summed E-state index contributed by atoms with van der Waals surface area (Å²) in [4.78, 5) is 18.5. The molecule has 4 rings (SSSR count). The van der Waals surface area contributed by atoms with Gasteiger partial charge in [-0.05, 0) is 49.2 Å². The van der Waals surface area contributed by atoms with Crippen molar-refractivity contribution in [1.82, 2.24) is 19.9 Å². The third-order valence-corrected chi connectivity index (χ3v) is 4.40. The number of nitrogens with zero attached hydrogens (tertiary/aromatic N) is 4. The zero-order valence-corrected chi connectivity index (χ0v) is 14.1. The second-order valence-electron chi connectivity index (χ2n) is 6.07. The van der Waals surface area contributed by atoms with Crippen molar-refractivity contribution >= 4 is 29.0 Å². The van der Waals surface area contributed by atoms with Crippen molar-refractivity contribution in [2.75, 3.05) is 30.4 Å². The molecule has 0 saturated carbocycles. The smallest absolute Gasteiger partial charge is 0.251 e. The summed E-state index contributed by atoms with van der Waals surface area (Å²) in [7, 11) is 1.62. The number of hydrogen-bond donors (Lipinski definition) is 2. The number of rotatable bonds is 4. The lowest BCUT2D eigenvalue weighted by Crippen LogP contribution is -2.20. The van der Waals surface area contributed by atoms with Crippen LogP contribution >= 0.6 is 0 Å². The first-order valence-corrected chi connectivity index (χ1v) is 8.44.